The molecule has 0 aliphatic carbocycles. The fraction of sp³-hybridized carbons (Fsp3) is 0.400. The fourth-order valence-corrected chi connectivity index (χ4v) is 1.40. The Balaban J connectivity index is 0.00000169. The van der Waals surface area contributed by atoms with Gasteiger partial charge in [-0.1, -0.05) is 18.5 Å². The van der Waals surface area contributed by atoms with Crippen LogP contribution in [0.1, 0.15) is 24.9 Å². The molecule has 0 bridgehead atoms. The van der Waals surface area contributed by atoms with E-state index in [1.165, 1.54) is 0 Å². The van der Waals surface area contributed by atoms with Gasteiger partial charge in [-0.2, -0.15) is 0 Å². The number of hydrogen-bond donors (Lipinski definition) is 1. The molecule has 4 heteroatoms. The molecule has 0 aliphatic heterocycles. The van der Waals surface area contributed by atoms with Crippen molar-refractivity contribution in [3.05, 3.63) is 28.8 Å². The zero-order valence-corrected chi connectivity index (χ0v) is 9.86. The van der Waals surface area contributed by atoms with Gasteiger partial charge in [0.25, 0.3) is 0 Å². The molecule has 2 nitrogen and oxygen atoms in total. The zero-order chi connectivity index (χ0) is 9.84. The lowest BCUT2D eigenvalue weighted by Crippen LogP contribution is -2.10. The molecule has 0 aromatic heterocycles. The van der Waals surface area contributed by atoms with Crippen LogP contribution in [0.25, 0.3) is 0 Å². The Morgan fingerprint density at radius 1 is 1.50 bits per heavy atom. The average Bonchev–Trinajstić information content (AvgIpc) is 2.16. The first kappa shape index (κ1) is 13.6. The van der Waals surface area contributed by atoms with Gasteiger partial charge in [0, 0.05) is 16.6 Å². The third kappa shape index (κ3) is 3.05. The van der Waals surface area contributed by atoms with Crippen LogP contribution in [0.3, 0.4) is 0 Å². The second-order valence-electron chi connectivity index (χ2n) is 2.90. The first-order valence-corrected chi connectivity index (χ1v) is 4.65. The molecule has 0 amide bonds. The van der Waals surface area contributed by atoms with Gasteiger partial charge in [0.15, 0.2) is 0 Å². The molecule has 0 saturated heterocycles. The minimum atomic E-state index is -0.00588. The van der Waals surface area contributed by atoms with Crippen LogP contribution in [0.2, 0.25) is 5.02 Å². The number of ether oxygens (including phenoxy) is 1. The number of hydrogen-bond acceptors (Lipinski definition) is 2. The highest BCUT2D eigenvalue weighted by molar-refractivity contribution is 6.30. The lowest BCUT2D eigenvalue weighted by Gasteiger charge is -2.13. The van der Waals surface area contributed by atoms with Gasteiger partial charge in [-0.15, -0.1) is 12.4 Å². The van der Waals surface area contributed by atoms with Gasteiger partial charge in [-0.05, 0) is 24.6 Å². The highest BCUT2D eigenvalue weighted by Crippen LogP contribution is 2.28. The highest BCUT2D eigenvalue weighted by atomic mass is 35.5. The number of nitrogens with two attached hydrogens (primary N) is 1. The molecule has 1 rings (SSSR count). The van der Waals surface area contributed by atoms with Crippen molar-refractivity contribution < 1.29 is 4.74 Å². The molecule has 80 valence electrons. The Morgan fingerprint density at radius 2 is 2.14 bits per heavy atom. The molecule has 2 N–H and O–H groups in total. The number of halogens is 2. The molecule has 1 aromatic carbocycles. The molecule has 1 aromatic rings. The topological polar surface area (TPSA) is 35.2 Å². The minimum Gasteiger partial charge on any atom is -0.496 e. The van der Waals surface area contributed by atoms with E-state index >= 15 is 0 Å². The van der Waals surface area contributed by atoms with Crippen LogP contribution < -0.4 is 10.5 Å². The Kier molecular flexibility index (Phi) is 5.93. The smallest absolute Gasteiger partial charge is 0.123 e. The van der Waals surface area contributed by atoms with Crippen LogP contribution in [0.4, 0.5) is 0 Å². The molecule has 0 fully saturated rings. The van der Waals surface area contributed by atoms with Crippen molar-refractivity contribution in [3.63, 3.8) is 0 Å². The summed E-state index contributed by atoms with van der Waals surface area (Å²) in [5.74, 6) is 0.804. The molecule has 0 spiro atoms. The first-order valence-electron chi connectivity index (χ1n) is 4.28. The monoisotopic (exact) mass is 235 g/mol. The maximum Gasteiger partial charge on any atom is 0.123 e. The standard InChI is InChI=1S/C10H14ClNO.ClH/c1-3-9(12)8-6-7(11)4-5-10(8)13-2;/h4-6,9H,3,12H2,1-2H3;1H/t9-;/m1./s1. The van der Waals surface area contributed by atoms with E-state index in [0.717, 1.165) is 17.7 Å². The largest absolute Gasteiger partial charge is 0.496 e. The maximum atomic E-state index is 5.90. The minimum absolute atomic E-state index is 0. The predicted molar refractivity (Wildman–Crippen MR) is 62.5 cm³/mol. The summed E-state index contributed by atoms with van der Waals surface area (Å²) >= 11 is 5.86. The van der Waals surface area contributed by atoms with Gasteiger partial charge in [-0.25, -0.2) is 0 Å². The summed E-state index contributed by atoms with van der Waals surface area (Å²) < 4.78 is 5.18. The Bertz CT molecular complexity index is 291. The summed E-state index contributed by atoms with van der Waals surface area (Å²) in [6.45, 7) is 2.03. The van der Waals surface area contributed by atoms with Gasteiger partial charge >= 0.3 is 0 Å². The quantitative estimate of drug-likeness (QED) is 0.874. The van der Waals surface area contributed by atoms with Crippen molar-refractivity contribution >= 4 is 24.0 Å². The second kappa shape index (κ2) is 6.12. The predicted octanol–water partition coefficient (Wildman–Crippen LogP) is 3.18. The van der Waals surface area contributed by atoms with Crippen molar-refractivity contribution in [1.82, 2.24) is 0 Å². The van der Waals surface area contributed by atoms with E-state index in [4.69, 9.17) is 22.1 Å². The van der Waals surface area contributed by atoms with E-state index < -0.39 is 0 Å². The van der Waals surface area contributed by atoms with E-state index in [2.05, 4.69) is 0 Å². The SMILES string of the molecule is CC[C@@H](N)c1cc(Cl)ccc1OC.Cl. The highest BCUT2D eigenvalue weighted by Gasteiger charge is 2.09. The molecule has 0 radical (unpaired) electrons. The number of benzene rings is 1. The van der Waals surface area contributed by atoms with E-state index in [1.54, 1.807) is 13.2 Å². The van der Waals surface area contributed by atoms with E-state index in [9.17, 15) is 0 Å². The van der Waals surface area contributed by atoms with Crippen LogP contribution >= 0.6 is 24.0 Å². The normalized spacial score (nSPS) is 11.7. The molecule has 0 unspecified atom stereocenters. The zero-order valence-electron chi connectivity index (χ0n) is 8.29. The summed E-state index contributed by atoms with van der Waals surface area (Å²) in [6, 6.07) is 5.49. The van der Waals surface area contributed by atoms with Crippen LogP contribution in [0.5, 0.6) is 5.75 Å². The van der Waals surface area contributed by atoms with Crippen molar-refractivity contribution in [1.29, 1.82) is 0 Å². The molecule has 0 heterocycles. The Labute approximate surface area is 95.8 Å². The van der Waals surface area contributed by atoms with Gasteiger partial charge in [0.1, 0.15) is 5.75 Å². The second-order valence-corrected chi connectivity index (χ2v) is 3.34. The molecular formula is C10H15Cl2NO. The maximum absolute atomic E-state index is 5.90. The van der Waals surface area contributed by atoms with Crippen molar-refractivity contribution in [2.24, 2.45) is 5.73 Å². The summed E-state index contributed by atoms with van der Waals surface area (Å²) in [6.07, 6.45) is 0.872. The third-order valence-corrected chi connectivity index (χ3v) is 2.27. The van der Waals surface area contributed by atoms with Gasteiger partial charge in [0.2, 0.25) is 0 Å². The van der Waals surface area contributed by atoms with E-state index in [0.29, 0.717) is 5.02 Å². The molecular weight excluding hydrogens is 221 g/mol. The van der Waals surface area contributed by atoms with Gasteiger partial charge < -0.3 is 10.5 Å². The van der Waals surface area contributed by atoms with E-state index in [1.807, 2.05) is 19.1 Å². The number of methoxy groups -OCH3 is 1. The molecule has 0 aliphatic rings. The molecule has 0 saturated carbocycles. The van der Waals surface area contributed by atoms with Crippen molar-refractivity contribution in [2.45, 2.75) is 19.4 Å². The first-order chi connectivity index (χ1) is 6.19. The summed E-state index contributed by atoms with van der Waals surface area (Å²) in [4.78, 5) is 0. The molecule has 1 atom stereocenters. The lowest BCUT2D eigenvalue weighted by atomic mass is 10.0. The van der Waals surface area contributed by atoms with Crippen LogP contribution in [-0.4, -0.2) is 7.11 Å². The third-order valence-electron chi connectivity index (χ3n) is 2.03. The van der Waals surface area contributed by atoms with Crippen LogP contribution in [-0.2, 0) is 0 Å². The van der Waals surface area contributed by atoms with E-state index in [-0.39, 0.29) is 18.4 Å². The average molecular weight is 236 g/mol. The van der Waals surface area contributed by atoms with Gasteiger partial charge in [0.05, 0.1) is 7.11 Å². The Morgan fingerprint density at radius 3 is 2.64 bits per heavy atom. The van der Waals surface area contributed by atoms with Crippen LogP contribution in [0.15, 0.2) is 18.2 Å². The van der Waals surface area contributed by atoms with Gasteiger partial charge in [-0.3, -0.25) is 0 Å². The lowest BCUT2D eigenvalue weighted by molar-refractivity contribution is 0.405. The van der Waals surface area contributed by atoms with Crippen molar-refractivity contribution in [2.75, 3.05) is 7.11 Å². The fourth-order valence-electron chi connectivity index (χ4n) is 1.21. The summed E-state index contributed by atoms with van der Waals surface area (Å²) in [5, 5.41) is 0.694. The number of rotatable bonds is 3. The molecule has 14 heavy (non-hydrogen) atoms. The Hall–Kier alpha value is -0.440. The van der Waals surface area contributed by atoms with Crippen molar-refractivity contribution in [3.8, 4) is 5.75 Å². The van der Waals surface area contributed by atoms with Crippen LogP contribution in [0, 0.1) is 0 Å². The summed E-state index contributed by atoms with van der Waals surface area (Å²) in [5.41, 5.74) is 6.87. The summed E-state index contributed by atoms with van der Waals surface area (Å²) in [7, 11) is 1.63.